The number of phosphoric ester groups is 1. The van der Waals surface area contributed by atoms with Crippen molar-refractivity contribution in [2.24, 2.45) is 0 Å². The van der Waals surface area contributed by atoms with Gasteiger partial charge < -0.3 is 48.4 Å². The Morgan fingerprint density at radius 3 is 2.44 bits per heavy atom. The van der Waals surface area contributed by atoms with Gasteiger partial charge in [-0.05, 0) is 55.0 Å². The number of aromatic nitrogens is 5. The molecule has 1 aromatic carbocycles. The summed E-state index contributed by atoms with van der Waals surface area (Å²) in [5, 5.41) is 31.2. The van der Waals surface area contributed by atoms with E-state index in [1.165, 1.54) is 4.68 Å². The lowest BCUT2D eigenvalue weighted by atomic mass is 10.1. The minimum atomic E-state index is -4.53. The number of fused-ring (bicyclic) bond motifs is 1. The number of aliphatic hydroxyl groups is 2. The second-order valence-electron chi connectivity index (χ2n) is 13.7. The van der Waals surface area contributed by atoms with Gasteiger partial charge in [-0.25, -0.2) is 19.2 Å². The van der Waals surface area contributed by atoms with Gasteiger partial charge in [0.15, 0.2) is 11.9 Å². The van der Waals surface area contributed by atoms with Crippen LogP contribution in [0.5, 0.6) is 0 Å². The number of esters is 2. The number of hydrogen-bond donors (Lipinski definition) is 3. The Labute approximate surface area is 372 Å². The molecule has 0 fully saturated rings. The summed E-state index contributed by atoms with van der Waals surface area (Å²) < 4.78 is 53.1. The van der Waals surface area contributed by atoms with Crippen molar-refractivity contribution >= 4 is 72.1 Å². The molecule has 0 bridgehead atoms. The second kappa shape index (κ2) is 28.5. The first-order chi connectivity index (χ1) is 31.0. The Morgan fingerprint density at radius 1 is 0.891 bits per heavy atom. The molecule has 3 aromatic heterocycles. The van der Waals surface area contributed by atoms with Gasteiger partial charge in [0.25, 0.3) is 12.9 Å². The molecule has 22 nitrogen and oxygen atoms in total. The number of rotatable bonds is 34. The van der Waals surface area contributed by atoms with Crippen molar-refractivity contribution < 1.29 is 76.3 Å². The van der Waals surface area contributed by atoms with Gasteiger partial charge in [-0.2, -0.15) is 0 Å². The van der Waals surface area contributed by atoms with E-state index in [-0.39, 0.29) is 91.6 Å². The van der Waals surface area contributed by atoms with Gasteiger partial charge in [0.1, 0.15) is 30.3 Å². The molecule has 3 atom stereocenters. The van der Waals surface area contributed by atoms with E-state index >= 15 is 0 Å². The summed E-state index contributed by atoms with van der Waals surface area (Å²) in [6.07, 6.45) is 3.76. The summed E-state index contributed by atoms with van der Waals surface area (Å²) >= 11 is 1.58. The van der Waals surface area contributed by atoms with E-state index in [4.69, 9.17) is 28.0 Å². The molecule has 0 amide bonds. The lowest BCUT2D eigenvalue weighted by Gasteiger charge is -2.24. The molecule has 64 heavy (non-hydrogen) atoms. The molecule has 0 aliphatic carbocycles. The number of phosphoric acid groups is 1. The van der Waals surface area contributed by atoms with E-state index in [2.05, 4.69) is 29.8 Å². The number of benzene rings is 1. The van der Waals surface area contributed by atoms with E-state index < -0.39 is 38.6 Å². The van der Waals surface area contributed by atoms with E-state index in [1.807, 2.05) is 59.7 Å². The van der Waals surface area contributed by atoms with Crippen LogP contribution in [0.15, 0.2) is 41.9 Å². The van der Waals surface area contributed by atoms with E-state index in [1.54, 1.807) is 17.5 Å². The van der Waals surface area contributed by atoms with Crippen molar-refractivity contribution in [1.82, 2.24) is 25.0 Å². The SMILES string of the molecule is Cc1nc(/C=C/c2ccc(N(CCO)CCOCC(O)Cn3cc(COC(=O)CCCOCCOC(=O)CCCOP(=O)(O)OCC(COC=O)OC=O)nn3)cc2)nc2sccc12. The topological polar surface area (TPSA) is 280 Å². The molecule has 0 saturated heterocycles. The van der Waals surface area contributed by atoms with Gasteiger partial charge in [0.05, 0.1) is 64.2 Å². The van der Waals surface area contributed by atoms with E-state index in [0.717, 1.165) is 27.2 Å². The summed E-state index contributed by atoms with van der Waals surface area (Å²) in [5.74, 6) is -0.419. The van der Waals surface area contributed by atoms with Crippen LogP contribution >= 0.6 is 19.2 Å². The largest absolute Gasteiger partial charge is 0.472 e. The number of aliphatic hydroxyl groups excluding tert-OH is 2. The number of aryl methyl sites for hydroxylation is 1. The number of carbonyl (C=O) groups is 4. The van der Waals surface area contributed by atoms with Gasteiger partial charge >= 0.3 is 19.8 Å². The predicted octanol–water partition coefficient (Wildman–Crippen LogP) is 2.65. The smallest absolute Gasteiger partial charge is 0.464 e. The standard InChI is InChI=1S/C40H53N6O16PS/c1-30-36-12-21-64-40(36)42-37(41-30)11-8-31-6-9-33(10-7-31)45(13-15-47)14-18-56-25-34(50)23-46-22-32(43-44-46)24-59-39(52)4-2-16-55-19-20-58-38(51)5-3-17-61-63(53,54)62-27-35(60-29-49)26-57-28-48/h6-12,21-22,28-29,34-35,47,50H,2-5,13-20,23-27H2,1H3,(H,53,54)/b11-8+. The highest BCUT2D eigenvalue weighted by Crippen LogP contribution is 2.43. The van der Waals surface area contributed by atoms with Crippen molar-refractivity contribution in [3.8, 4) is 0 Å². The molecular formula is C40H53N6O16PS. The highest BCUT2D eigenvalue weighted by atomic mass is 32.1. The van der Waals surface area contributed by atoms with Gasteiger partial charge in [-0.3, -0.25) is 28.2 Å². The summed E-state index contributed by atoms with van der Waals surface area (Å²) in [6, 6.07) is 9.92. The Kier molecular flexibility index (Phi) is 22.9. The molecule has 350 valence electrons. The Morgan fingerprint density at radius 2 is 1.67 bits per heavy atom. The molecule has 3 unspecified atom stereocenters. The van der Waals surface area contributed by atoms with Gasteiger partial charge in [0, 0.05) is 43.6 Å². The zero-order valence-electron chi connectivity index (χ0n) is 35.2. The maximum absolute atomic E-state index is 12.2. The molecule has 3 N–H and O–H groups in total. The molecule has 0 saturated carbocycles. The number of anilines is 1. The van der Waals surface area contributed by atoms with Crippen LogP contribution in [0.4, 0.5) is 5.69 Å². The van der Waals surface area contributed by atoms with Crippen LogP contribution in [0.3, 0.4) is 0 Å². The maximum atomic E-state index is 12.2. The van der Waals surface area contributed by atoms with Crippen LogP contribution in [-0.4, -0.2) is 150 Å². The maximum Gasteiger partial charge on any atom is 0.472 e. The number of ether oxygens (including phenoxy) is 6. The summed E-state index contributed by atoms with van der Waals surface area (Å²) in [7, 11) is -4.53. The third kappa shape index (κ3) is 19.7. The highest BCUT2D eigenvalue weighted by molar-refractivity contribution is 7.47. The third-order valence-corrected chi connectivity index (χ3v) is 10.5. The first-order valence-corrected chi connectivity index (χ1v) is 22.5. The fourth-order valence-electron chi connectivity index (χ4n) is 5.61. The second-order valence-corrected chi connectivity index (χ2v) is 16.0. The van der Waals surface area contributed by atoms with Gasteiger partial charge in [-0.1, -0.05) is 23.4 Å². The fraction of sp³-hybridized carbons (Fsp3) is 0.500. The first kappa shape index (κ1) is 51.4. The minimum Gasteiger partial charge on any atom is -0.464 e. The van der Waals surface area contributed by atoms with Crippen LogP contribution < -0.4 is 4.90 Å². The monoisotopic (exact) mass is 936 g/mol. The van der Waals surface area contributed by atoms with Crippen molar-refractivity contribution in [2.45, 2.75) is 58.0 Å². The quantitative estimate of drug-likeness (QED) is 0.0200. The van der Waals surface area contributed by atoms with E-state index in [9.17, 15) is 38.8 Å². The zero-order valence-corrected chi connectivity index (χ0v) is 36.9. The van der Waals surface area contributed by atoms with Gasteiger partial charge in [-0.15, -0.1) is 16.4 Å². The van der Waals surface area contributed by atoms with Crippen molar-refractivity contribution in [2.75, 3.05) is 77.5 Å². The first-order valence-electron chi connectivity index (χ1n) is 20.1. The average Bonchev–Trinajstić information content (AvgIpc) is 3.95. The molecular weight excluding hydrogens is 884 g/mol. The lowest BCUT2D eigenvalue weighted by molar-refractivity contribution is -0.145. The number of carbonyl (C=O) groups excluding carboxylic acids is 4. The zero-order chi connectivity index (χ0) is 46.0. The third-order valence-electron chi connectivity index (χ3n) is 8.73. The molecule has 3 heterocycles. The summed E-state index contributed by atoms with van der Waals surface area (Å²) in [6.45, 7) is 2.32. The van der Waals surface area contributed by atoms with Crippen molar-refractivity contribution in [1.29, 1.82) is 0 Å². The van der Waals surface area contributed by atoms with Crippen LogP contribution in [0.25, 0.3) is 22.4 Å². The molecule has 4 aromatic rings. The van der Waals surface area contributed by atoms with Gasteiger partial charge in [0.2, 0.25) is 0 Å². The normalized spacial score (nSPS) is 13.3. The molecule has 4 rings (SSSR count). The molecule has 0 radical (unpaired) electrons. The predicted molar refractivity (Wildman–Crippen MR) is 228 cm³/mol. The Bertz CT molecular complexity index is 2100. The van der Waals surface area contributed by atoms with Crippen LogP contribution in [0.1, 0.15) is 48.5 Å². The number of hydrogen-bond acceptors (Lipinski definition) is 21. The molecule has 0 aliphatic rings. The minimum absolute atomic E-state index is 0.0394. The molecule has 0 spiro atoms. The number of thiophene rings is 1. The highest BCUT2D eigenvalue weighted by Gasteiger charge is 2.24. The Balaban J connectivity index is 1.00. The molecule has 24 heteroatoms. The average molecular weight is 937 g/mol. The van der Waals surface area contributed by atoms with Crippen molar-refractivity contribution in [3.63, 3.8) is 0 Å². The molecule has 0 aliphatic heterocycles. The van der Waals surface area contributed by atoms with Crippen LogP contribution in [0.2, 0.25) is 0 Å². The number of nitrogens with zero attached hydrogens (tertiary/aromatic N) is 6. The summed E-state index contributed by atoms with van der Waals surface area (Å²) in [4.78, 5) is 66.6. The summed E-state index contributed by atoms with van der Waals surface area (Å²) in [5.41, 5.74) is 3.23. The van der Waals surface area contributed by atoms with Crippen LogP contribution in [-0.2, 0) is 74.4 Å². The van der Waals surface area contributed by atoms with Crippen LogP contribution in [0, 0.1) is 6.92 Å². The van der Waals surface area contributed by atoms with Crippen molar-refractivity contribution in [3.05, 3.63) is 64.7 Å². The Hall–Kier alpha value is -5.23. The lowest BCUT2D eigenvalue weighted by Crippen LogP contribution is -2.31. The van der Waals surface area contributed by atoms with E-state index in [0.29, 0.717) is 37.6 Å². The fourth-order valence-corrected chi connectivity index (χ4v) is 7.22.